The third-order valence-electron chi connectivity index (χ3n) is 5.71. The highest BCUT2D eigenvalue weighted by molar-refractivity contribution is 5.36. The van der Waals surface area contributed by atoms with Gasteiger partial charge >= 0.3 is 0 Å². The molecule has 2 aromatic carbocycles. The van der Waals surface area contributed by atoms with Crippen LogP contribution in [0.2, 0.25) is 0 Å². The van der Waals surface area contributed by atoms with E-state index in [9.17, 15) is 0 Å². The molecule has 0 bridgehead atoms. The molecule has 2 nitrogen and oxygen atoms in total. The van der Waals surface area contributed by atoms with Crippen molar-refractivity contribution in [3.63, 3.8) is 0 Å². The van der Waals surface area contributed by atoms with Crippen LogP contribution >= 0.6 is 0 Å². The van der Waals surface area contributed by atoms with Crippen molar-refractivity contribution in [1.82, 2.24) is 5.32 Å². The van der Waals surface area contributed by atoms with Crippen LogP contribution < -0.4 is 5.32 Å². The lowest BCUT2D eigenvalue weighted by Gasteiger charge is -2.35. The Kier molecular flexibility index (Phi) is 6.28. The van der Waals surface area contributed by atoms with E-state index in [4.69, 9.17) is 4.74 Å². The first-order valence-corrected chi connectivity index (χ1v) is 9.64. The third-order valence-corrected chi connectivity index (χ3v) is 5.71. The maximum atomic E-state index is 6.17. The number of hydrogen-bond acceptors (Lipinski definition) is 2. The monoisotopic (exact) mass is 337 g/mol. The first-order valence-electron chi connectivity index (χ1n) is 9.64. The summed E-state index contributed by atoms with van der Waals surface area (Å²) < 4.78 is 6.17. The van der Waals surface area contributed by atoms with Crippen LogP contribution in [0.15, 0.2) is 60.7 Å². The van der Waals surface area contributed by atoms with Crippen LogP contribution in [0.1, 0.15) is 50.2 Å². The summed E-state index contributed by atoms with van der Waals surface area (Å²) in [7, 11) is 1.83. The Bertz CT molecular complexity index is 582. The molecule has 1 fully saturated rings. The van der Waals surface area contributed by atoms with Crippen molar-refractivity contribution in [1.29, 1.82) is 0 Å². The predicted octanol–water partition coefficient (Wildman–Crippen LogP) is 5.14. The number of benzene rings is 2. The van der Waals surface area contributed by atoms with Gasteiger partial charge in [0.05, 0.1) is 0 Å². The molecule has 3 rings (SSSR count). The Hall–Kier alpha value is -1.64. The fourth-order valence-corrected chi connectivity index (χ4v) is 4.01. The van der Waals surface area contributed by atoms with Gasteiger partial charge in [-0.15, -0.1) is 0 Å². The van der Waals surface area contributed by atoms with Gasteiger partial charge in [0, 0.05) is 13.2 Å². The zero-order chi connectivity index (χ0) is 17.5. The molecule has 0 spiro atoms. The number of ether oxygens (including phenoxy) is 1. The molecular weight excluding hydrogens is 306 g/mol. The van der Waals surface area contributed by atoms with Gasteiger partial charge in [-0.3, -0.25) is 0 Å². The summed E-state index contributed by atoms with van der Waals surface area (Å²) in [5.74, 6) is 0.943. The van der Waals surface area contributed by atoms with Crippen LogP contribution in [-0.4, -0.2) is 19.7 Å². The number of rotatable bonds is 9. The molecule has 0 amide bonds. The molecule has 0 radical (unpaired) electrons. The summed E-state index contributed by atoms with van der Waals surface area (Å²) in [5.41, 5.74) is 2.04. The van der Waals surface area contributed by atoms with Gasteiger partial charge in [-0.05, 0) is 43.4 Å². The standard InChI is InChI=1S/C23H31NO/c1-19(18-20-10-9-11-20)24-17-16-23(25-2,21-12-5-3-6-13-21)22-14-7-4-8-15-22/h3-8,12-15,19-20,24H,9-11,16-18H2,1-2H3. The molecule has 1 N–H and O–H groups in total. The Morgan fingerprint density at radius 1 is 1.00 bits per heavy atom. The molecule has 2 aromatic rings. The van der Waals surface area contributed by atoms with Gasteiger partial charge in [-0.2, -0.15) is 0 Å². The van der Waals surface area contributed by atoms with Gasteiger partial charge in [0.15, 0.2) is 0 Å². The van der Waals surface area contributed by atoms with Crippen LogP contribution in [0.25, 0.3) is 0 Å². The molecule has 1 atom stereocenters. The molecule has 1 saturated carbocycles. The van der Waals surface area contributed by atoms with Crippen molar-refractivity contribution in [2.45, 2.75) is 50.7 Å². The minimum atomic E-state index is -0.397. The van der Waals surface area contributed by atoms with E-state index >= 15 is 0 Å². The molecule has 0 aromatic heterocycles. The molecule has 2 heteroatoms. The lowest BCUT2D eigenvalue weighted by atomic mass is 9.81. The lowest BCUT2D eigenvalue weighted by molar-refractivity contribution is 0.0141. The number of methoxy groups -OCH3 is 1. The summed E-state index contributed by atoms with van der Waals surface area (Å²) in [6.07, 6.45) is 6.49. The third kappa shape index (κ3) is 4.31. The first kappa shape index (κ1) is 18.2. The summed E-state index contributed by atoms with van der Waals surface area (Å²) in [6.45, 7) is 3.27. The summed E-state index contributed by atoms with van der Waals surface area (Å²) in [6, 6.07) is 21.8. The second-order valence-electron chi connectivity index (χ2n) is 7.40. The Morgan fingerprint density at radius 3 is 2.00 bits per heavy atom. The van der Waals surface area contributed by atoms with Crippen molar-refractivity contribution < 1.29 is 4.74 Å². The van der Waals surface area contributed by atoms with Crippen molar-refractivity contribution in [2.75, 3.05) is 13.7 Å². The van der Waals surface area contributed by atoms with E-state index < -0.39 is 5.60 Å². The van der Waals surface area contributed by atoms with E-state index in [0.29, 0.717) is 6.04 Å². The predicted molar refractivity (Wildman–Crippen MR) is 105 cm³/mol. The molecule has 25 heavy (non-hydrogen) atoms. The fraction of sp³-hybridized carbons (Fsp3) is 0.478. The number of nitrogens with one attached hydrogen (secondary N) is 1. The summed E-state index contributed by atoms with van der Waals surface area (Å²) in [4.78, 5) is 0. The second-order valence-corrected chi connectivity index (χ2v) is 7.40. The van der Waals surface area contributed by atoms with Crippen molar-refractivity contribution in [3.05, 3.63) is 71.8 Å². The second kappa shape index (κ2) is 8.64. The average Bonchev–Trinajstić information content (AvgIpc) is 2.64. The number of hydrogen-bond donors (Lipinski definition) is 1. The van der Waals surface area contributed by atoms with Crippen molar-refractivity contribution in [3.8, 4) is 0 Å². The van der Waals surface area contributed by atoms with Crippen LogP contribution in [0, 0.1) is 5.92 Å². The first-order chi connectivity index (χ1) is 12.2. The quantitative estimate of drug-likeness (QED) is 0.684. The van der Waals surface area contributed by atoms with Crippen molar-refractivity contribution >= 4 is 0 Å². The highest BCUT2D eigenvalue weighted by atomic mass is 16.5. The smallest absolute Gasteiger partial charge is 0.119 e. The molecule has 134 valence electrons. The van der Waals surface area contributed by atoms with Gasteiger partial charge in [0.2, 0.25) is 0 Å². The van der Waals surface area contributed by atoms with Gasteiger partial charge in [-0.1, -0.05) is 79.9 Å². The normalized spacial score (nSPS) is 16.4. The van der Waals surface area contributed by atoms with Crippen LogP contribution in [0.3, 0.4) is 0 Å². The zero-order valence-corrected chi connectivity index (χ0v) is 15.6. The van der Waals surface area contributed by atoms with E-state index in [2.05, 4.69) is 72.9 Å². The topological polar surface area (TPSA) is 21.3 Å². The Morgan fingerprint density at radius 2 is 1.56 bits per heavy atom. The Labute approximate surface area is 152 Å². The van der Waals surface area contributed by atoms with E-state index in [1.165, 1.54) is 36.8 Å². The minimum Gasteiger partial charge on any atom is -0.369 e. The molecular formula is C23H31NO. The highest BCUT2D eigenvalue weighted by Gasteiger charge is 2.33. The van der Waals surface area contributed by atoms with E-state index in [1.807, 2.05) is 7.11 Å². The largest absolute Gasteiger partial charge is 0.369 e. The zero-order valence-electron chi connectivity index (χ0n) is 15.6. The maximum absolute atomic E-state index is 6.17. The van der Waals surface area contributed by atoms with Crippen LogP contribution in [-0.2, 0) is 10.3 Å². The van der Waals surface area contributed by atoms with Crippen LogP contribution in [0.5, 0.6) is 0 Å². The van der Waals surface area contributed by atoms with E-state index in [0.717, 1.165) is 18.9 Å². The molecule has 1 aliphatic rings. The van der Waals surface area contributed by atoms with Crippen LogP contribution in [0.4, 0.5) is 0 Å². The fourth-order valence-electron chi connectivity index (χ4n) is 4.01. The van der Waals surface area contributed by atoms with Gasteiger partial charge in [-0.25, -0.2) is 0 Å². The van der Waals surface area contributed by atoms with Gasteiger partial charge in [0.25, 0.3) is 0 Å². The highest BCUT2D eigenvalue weighted by Crippen LogP contribution is 2.36. The van der Waals surface area contributed by atoms with Gasteiger partial charge in [0.1, 0.15) is 5.60 Å². The molecule has 0 aliphatic heterocycles. The average molecular weight is 338 g/mol. The molecule has 0 heterocycles. The molecule has 1 unspecified atom stereocenters. The summed E-state index contributed by atoms with van der Waals surface area (Å²) in [5, 5.41) is 3.73. The van der Waals surface area contributed by atoms with E-state index in [1.54, 1.807) is 0 Å². The minimum absolute atomic E-state index is 0.397. The maximum Gasteiger partial charge on any atom is 0.119 e. The van der Waals surface area contributed by atoms with Crippen molar-refractivity contribution in [2.24, 2.45) is 5.92 Å². The molecule has 0 saturated heterocycles. The molecule has 1 aliphatic carbocycles. The lowest BCUT2D eigenvalue weighted by Crippen LogP contribution is -2.37. The summed E-state index contributed by atoms with van der Waals surface area (Å²) >= 11 is 0. The SMILES string of the molecule is COC(CCNC(C)CC1CCC1)(c1ccccc1)c1ccccc1. The Balaban J connectivity index is 1.72. The van der Waals surface area contributed by atoms with E-state index in [-0.39, 0.29) is 0 Å². The van der Waals surface area contributed by atoms with Gasteiger partial charge < -0.3 is 10.1 Å².